The third kappa shape index (κ3) is 2.22. The summed E-state index contributed by atoms with van der Waals surface area (Å²) in [6.07, 6.45) is 2.22. The van der Waals surface area contributed by atoms with Crippen molar-refractivity contribution in [1.29, 1.82) is 0 Å². The number of rotatable bonds is 5. The molecule has 0 spiro atoms. The second-order valence-electron chi connectivity index (χ2n) is 5.33. The van der Waals surface area contributed by atoms with E-state index < -0.39 is 0 Å². The first-order chi connectivity index (χ1) is 8.54. The Labute approximate surface area is 108 Å². The maximum Gasteiger partial charge on any atom is 0.165 e. The maximum absolute atomic E-state index is 13.8. The Morgan fingerprint density at radius 1 is 1.44 bits per heavy atom. The molecule has 1 unspecified atom stereocenters. The Morgan fingerprint density at radius 3 is 2.50 bits per heavy atom. The quantitative estimate of drug-likeness (QED) is 0.873. The van der Waals surface area contributed by atoms with Crippen LogP contribution in [0.4, 0.5) is 4.39 Å². The molecule has 0 radical (unpaired) electrons. The van der Waals surface area contributed by atoms with Gasteiger partial charge in [-0.3, -0.25) is 0 Å². The average molecular weight is 252 g/mol. The summed E-state index contributed by atoms with van der Waals surface area (Å²) < 4.78 is 18.8. The van der Waals surface area contributed by atoms with Crippen molar-refractivity contribution in [3.05, 3.63) is 29.6 Å². The topological polar surface area (TPSA) is 38.5 Å². The van der Waals surface area contributed by atoms with Crippen LogP contribution in [0.5, 0.6) is 5.75 Å². The van der Waals surface area contributed by atoms with E-state index in [-0.39, 0.29) is 23.0 Å². The van der Waals surface area contributed by atoms with Crippen molar-refractivity contribution < 1.29 is 9.13 Å². The normalized spacial score (nSPS) is 18.8. The van der Waals surface area contributed by atoms with E-state index in [1.165, 1.54) is 7.11 Å². The van der Waals surface area contributed by atoms with Gasteiger partial charge in [0.15, 0.2) is 11.6 Å². The van der Waals surface area contributed by atoms with Gasteiger partial charge in [0.1, 0.15) is 0 Å². The fraction of sp³-hybridized carbons (Fsp3) is 0.571. The minimum Gasteiger partial charge on any atom is -0.494 e. The fourth-order valence-corrected chi connectivity index (χ4v) is 2.80. The molecule has 2 N–H and O–H groups in total. The minimum atomic E-state index is -0.310. The lowest BCUT2D eigenvalue weighted by atomic mass is 9.89. The summed E-state index contributed by atoms with van der Waals surface area (Å²) in [7, 11) is 5.51. The smallest absolute Gasteiger partial charge is 0.165 e. The van der Waals surface area contributed by atoms with Gasteiger partial charge in [0, 0.05) is 11.5 Å². The molecule has 1 aliphatic carbocycles. The molecule has 1 aliphatic rings. The van der Waals surface area contributed by atoms with Crippen molar-refractivity contribution in [2.24, 2.45) is 11.1 Å². The summed E-state index contributed by atoms with van der Waals surface area (Å²) in [6.45, 7) is 0.642. The van der Waals surface area contributed by atoms with Gasteiger partial charge in [-0.1, -0.05) is 6.07 Å². The summed E-state index contributed by atoms with van der Waals surface area (Å²) >= 11 is 0. The Morgan fingerprint density at radius 2 is 2.11 bits per heavy atom. The van der Waals surface area contributed by atoms with Crippen molar-refractivity contribution in [2.45, 2.75) is 18.9 Å². The Bertz CT molecular complexity index is 430. The average Bonchev–Trinajstić information content (AvgIpc) is 3.10. The van der Waals surface area contributed by atoms with Gasteiger partial charge in [-0.15, -0.1) is 0 Å². The highest BCUT2D eigenvalue weighted by Crippen LogP contribution is 2.56. The van der Waals surface area contributed by atoms with Gasteiger partial charge < -0.3 is 15.4 Å². The van der Waals surface area contributed by atoms with E-state index >= 15 is 0 Å². The molecule has 0 aromatic heterocycles. The van der Waals surface area contributed by atoms with Crippen molar-refractivity contribution in [3.63, 3.8) is 0 Å². The molecule has 0 bridgehead atoms. The molecule has 1 aromatic rings. The molecule has 1 saturated carbocycles. The summed E-state index contributed by atoms with van der Waals surface area (Å²) in [6, 6.07) is 5.36. The molecule has 1 atom stereocenters. The highest BCUT2D eigenvalue weighted by molar-refractivity contribution is 5.33. The zero-order valence-electron chi connectivity index (χ0n) is 11.2. The van der Waals surface area contributed by atoms with Gasteiger partial charge in [0.2, 0.25) is 0 Å². The molecule has 0 heterocycles. The molecule has 3 nitrogen and oxygen atoms in total. The van der Waals surface area contributed by atoms with Crippen LogP contribution in [0.1, 0.15) is 24.4 Å². The van der Waals surface area contributed by atoms with Crippen molar-refractivity contribution in [2.75, 3.05) is 27.7 Å². The first kappa shape index (κ1) is 13.3. The highest BCUT2D eigenvalue weighted by Gasteiger charge is 2.49. The van der Waals surface area contributed by atoms with E-state index in [0.717, 1.165) is 18.4 Å². The summed E-state index contributed by atoms with van der Waals surface area (Å²) in [5.41, 5.74) is 6.98. The van der Waals surface area contributed by atoms with Crippen LogP contribution in [0, 0.1) is 11.2 Å². The molecular weight excluding hydrogens is 231 g/mol. The highest BCUT2D eigenvalue weighted by atomic mass is 19.1. The van der Waals surface area contributed by atoms with E-state index in [1.54, 1.807) is 12.1 Å². The number of hydrogen-bond acceptors (Lipinski definition) is 3. The van der Waals surface area contributed by atoms with Crippen LogP contribution in [-0.4, -0.2) is 32.6 Å². The lowest BCUT2D eigenvalue weighted by molar-refractivity contribution is 0.198. The molecule has 1 aromatic carbocycles. The number of methoxy groups -OCH3 is 1. The molecule has 0 saturated heterocycles. The Kier molecular flexibility index (Phi) is 3.59. The van der Waals surface area contributed by atoms with E-state index in [9.17, 15) is 4.39 Å². The van der Waals surface area contributed by atoms with Crippen molar-refractivity contribution in [1.82, 2.24) is 4.90 Å². The van der Waals surface area contributed by atoms with Gasteiger partial charge in [-0.25, -0.2) is 4.39 Å². The lowest BCUT2D eigenvalue weighted by Gasteiger charge is -2.32. The van der Waals surface area contributed by atoms with Crippen LogP contribution in [0.25, 0.3) is 0 Å². The van der Waals surface area contributed by atoms with Crippen LogP contribution < -0.4 is 10.5 Å². The number of hydrogen-bond donors (Lipinski definition) is 1. The Balaban J connectivity index is 2.35. The third-order valence-electron chi connectivity index (χ3n) is 3.89. The van der Waals surface area contributed by atoms with Gasteiger partial charge >= 0.3 is 0 Å². The summed E-state index contributed by atoms with van der Waals surface area (Å²) in [5, 5.41) is 0. The van der Waals surface area contributed by atoms with Crippen LogP contribution in [0.15, 0.2) is 18.2 Å². The molecule has 0 aliphatic heterocycles. The Hall–Kier alpha value is -1.13. The molecule has 1 fully saturated rings. The number of benzene rings is 1. The standard InChI is InChI=1S/C14H21FN2O/c1-17(2)13(14(9-16)6-7-14)10-4-5-12(18-3)11(15)8-10/h4-5,8,13H,6-7,9,16H2,1-3H3. The summed E-state index contributed by atoms with van der Waals surface area (Å²) in [4.78, 5) is 2.13. The second-order valence-corrected chi connectivity index (χ2v) is 5.33. The van der Waals surface area contributed by atoms with Crippen LogP contribution in [0.3, 0.4) is 0 Å². The number of ether oxygens (including phenoxy) is 1. The van der Waals surface area contributed by atoms with E-state index in [2.05, 4.69) is 4.90 Å². The maximum atomic E-state index is 13.8. The zero-order valence-corrected chi connectivity index (χ0v) is 11.2. The van der Waals surface area contributed by atoms with Gasteiger partial charge in [-0.05, 0) is 51.2 Å². The zero-order chi connectivity index (χ0) is 13.3. The second kappa shape index (κ2) is 4.86. The van der Waals surface area contributed by atoms with Gasteiger partial charge in [-0.2, -0.15) is 0 Å². The minimum absolute atomic E-state index is 0.116. The van der Waals surface area contributed by atoms with Crippen molar-refractivity contribution in [3.8, 4) is 5.75 Å². The van der Waals surface area contributed by atoms with Crippen LogP contribution in [-0.2, 0) is 0 Å². The summed E-state index contributed by atoms with van der Waals surface area (Å²) in [5.74, 6) is -0.0245. The molecule has 0 amide bonds. The third-order valence-corrected chi connectivity index (χ3v) is 3.89. The lowest BCUT2D eigenvalue weighted by Crippen LogP contribution is -2.33. The molecular formula is C14H21FN2O. The van der Waals surface area contributed by atoms with E-state index in [4.69, 9.17) is 10.5 Å². The number of halogens is 1. The van der Waals surface area contributed by atoms with Crippen LogP contribution in [0.2, 0.25) is 0 Å². The first-order valence-electron chi connectivity index (χ1n) is 6.24. The predicted octanol–water partition coefficient (Wildman–Crippen LogP) is 2.18. The number of nitrogens with zero attached hydrogens (tertiary/aromatic N) is 1. The van der Waals surface area contributed by atoms with Gasteiger partial charge in [0.25, 0.3) is 0 Å². The fourth-order valence-electron chi connectivity index (χ4n) is 2.80. The predicted molar refractivity (Wildman–Crippen MR) is 70.1 cm³/mol. The SMILES string of the molecule is COc1ccc(C(N(C)C)C2(CN)CC2)cc1F. The van der Waals surface area contributed by atoms with Gasteiger partial charge in [0.05, 0.1) is 7.11 Å². The van der Waals surface area contributed by atoms with Crippen LogP contribution >= 0.6 is 0 Å². The molecule has 4 heteroatoms. The first-order valence-corrected chi connectivity index (χ1v) is 6.24. The molecule has 2 rings (SSSR count). The molecule has 18 heavy (non-hydrogen) atoms. The number of nitrogens with two attached hydrogens (primary N) is 1. The monoisotopic (exact) mass is 252 g/mol. The molecule has 100 valence electrons. The van der Waals surface area contributed by atoms with E-state index in [1.807, 2.05) is 20.2 Å². The van der Waals surface area contributed by atoms with E-state index in [0.29, 0.717) is 6.54 Å². The largest absolute Gasteiger partial charge is 0.494 e. The van der Waals surface area contributed by atoms with Crippen molar-refractivity contribution >= 4 is 0 Å².